The number of hydrogen-bond donors (Lipinski definition) is 0. The van der Waals surface area contributed by atoms with E-state index in [1.165, 1.54) is 19.4 Å². The molecule has 0 atom stereocenters. The molecule has 1 aromatic carbocycles. The number of carbonyl (C=O) groups excluding carboxylic acids is 2. The van der Waals surface area contributed by atoms with E-state index in [0.29, 0.717) is 0 Å². The molecule has 2 aromatic heterocycles. The maximum atomic E-state index is 12.1. The van der Waals surface area contributed by atoms with Crippen LogP contribution in [0.5, 0.6) is 0 Å². The van der Waals surface area contributed by atoms with Gasteiger partial charge in [-0.1, -0.05) is 0 Å². The van der Waals surface area contributed by atoms with Gasteiger partial charge in [-0.25, -0.2) is 4.79 Å². The van der Waals surface area contributed by atoms with Crippen LogP contribution in [-0.2, 0) is 27.3 Å². The van der Waals surface area contributed by atoms with Gasteiger partial charge in [-0.2, -0.15) is 0 Å². The molecule has 0 bridgehead atoms. The maximum Gasteiger partial charge on any atom is 0.341 e. The summed E-state index contributed by atoms with van der Waals surface area (Å²) in [4.78, 5) is 23.7. The highest BCUT2D eigenvalue weighted by Gasteiger charge is 2.18. The lowest BCUT2D eigenvalue weighted by Gasteiger charge is -2.04. The molecule has 0 aliphatic rings. The number of hydrogen-bond acceptors (Lipinski definition) is 6. The fraction of sp³-hybridized carbons (Fsp3) is 0.263. The highest BCUT2D eigenvalue weighted by molar-refractivity contribution is 5.90. The van der Waals surface area contributed by atoms with E-state index in [9.17, 15) is 9.59 Å². The molecule has 0 spiro atoms. The molecule has 3 rings (SSSR count). The van der Waals surface area contributed by atoms with Gasteiger partial charge in [0.05, 0.1) is 26.1 Å². The van der Waals surface area contributed by atoms with Crippen molar-refractivity contribution in [1.29, 1.82) is 0 Å². The van der Waals surface area contributed by atoms with Crippen LogP contribution < -0.4 is 0 Å². The van der Waals surface area contributed by atoms with Gasteiger partial charge in [-0.05, 0) is 43.2 Å². The van der Waals surface area contributed by atoms with E-state index < -0.39 is 11.9 Å². The first-order chi connectivity index (χ1) is 12.0. The summed E-state index contributed by atoms with van der Waals surface area (Å²) in [7, 11) is 1.28. The largest absolute Gasteiger partial charge is 0.465 e. The molecule has 0 aliphatic heterocycles. The summed E-state index contributed by atoms with van der Waals surface area (Å²) < 4.78 is 20.5. The van der Waals surface area contributed by atoms with Crippen LogP contribution in [0.4, 0.5) is 0 Å². The fourth-order valence-electron chi connectivity index (χ4n) is 2.57. The minimum Gasteiger partial charge on any atom is -0.465 e. The van der Waals surface area contributed by atoms with Gasteiger partial charge in [0.15, 0.2) is 5.76 Å². The molecule has 0 N–H and O–H groups in total. The van der Waals surface area contributed by atoms with E-state index in [4.69, 9.17) is 13.6 Å². The topological polar surface area (TPSA) is 78.9 Å². The Hall–Kier alpha value is -3.02. The molecule has 0 radical (unpaired) electrons. The molecule has 0 unspecified atom stereocenters. The van der Waals surface area contributed by atoms with Gasteiger partial charge in [0.1, 0.15) is 17.8 Å². The standard InChI is InChI=1S/C19H18O6/c1-11-6-15-13(9-24-16(15)7-12(11)2)8-18(20)25-10-17-14(4-5-23-17)19(21)22-3/h4-7,9H,8,10H2,1-3H3. The van der Waals surface area contributed by atoms with Gasteiger partial charge in [-0.15, -0.1) is 0 Å². The Bertz CT molecular complexity index is 931. The minimum absolute atomic E-state index is 0.0732. The summed E-state index contributed by atoms with van der Waals surface area (Å²) in [5.41, 5.74) is 4.00. The van der Waals surface area contributed by atoms with Crippen molar-refractivity contribution < 1.29 is 27.9 Å². The van der Waals surface area contributed by atoms with Crippen LogP contribution in [0.1, 0.15) is 32.8 Å². The van der Waals surface area contributed by atoms with E-state index in [1.807, 2.05) is 26.0 Å². The lowest BCUT2D eigenvalue weighted by Crippen LogP contribution is -2.10. The third-order valence-corrected chi connectivity index (χ3v) is 4.12. The van der Waals surface area contributed by atoms with Gasteiger partial charge in [0, 0.05) is 10.9 Å². The van der Waals surface area contributed by atoms with Crippen molar-refractivity contribution in [3.8, 4) is 0 Å². The van der Waals surface area contributed by atoms with Gasteiger partial charge in [0.25, 0.3) is 0 Å². The monoisotopic (exact) mass is 342 g/mol. The molecule has 25 heavy (non-hydrogen) atoms. The van der Waals surface area contributed by atoms with Crippen LogP contribution in [0.15, 0.2) is 39.6 Å². The maximum absolute atomic E-state index is 12.1. The molecule has 0 fully saturated rings. The van der Waals surface area contributed by atoms with E-state index >= 15 is 0 Å². The molecule has 6 heteroatoms. The summed E-state index contributed by atoms with van der Waals surface area (Å²) in [5, 5.41) is 0.897. The third-order valence-electron chi connectivity index (χ3n) is 4.12. The SMILES string of the molecule is COC(=O)c1ccoc1COC(=O)Cc1coc2cc(C)c(C)cc12. The molecule has 2 heterocycles. The Morgan fingerprint density at radius 2 is 1.88 bits per heavy atom. The lowest BCUT2D eigenvalue weighted by molar-refractivity contribution is -0.144. The summed E-state index contributed by atoms with van der Waals surface area (Å²) in [6.45, 7) is 3.88. The summed E-state index contributed by atoms with van der Waals surface area (Å²) in [6, 6.07) is 5.42. The normalized spacial score (nSPS) is 10.8. The first kappa shape index (κ1) is 16.8. The Labute approximate surface area is 144 Å². The Kier molecular flexibility index (Phi) is 4.61. The van der Waals surface area contributed by atoms with Crippen LogP contribution >= 0.6 is 0 Å². The number of rotatable bonds is 5. The predicted molar refractivity (Wildman–Crippen MR) is 89.2 cm³/mol. The second-order valence-corrected chi connectivity index (χ2v) is 5.78. The van der Waals surface area contributed by atoms with Gasteiger partial charge < -0.3 is 18.3 Å². The Morgan fingerprint density at radius 3 is 2.64 bits per heavy atom. The molecular formula is C19H18O6. The fourth-order valence-corrected chi connectivity index (χ4v) is 2.57. The zero-order valence-electron chi connectivity index (χ0n) is 14.3. The number of esters is 2. The van der Waals surface area contributed by atoms with Crippen LogP contribution in [0.3, 0.4) is 0 Å². The molecule has 0 saturated carbocycles. The lowest BCUT2D eigenvalue weighted by atomic mass is 10.0. The second kappa shape index (κ2) is 6.84. The zero-order valence-corrected chi connectivity index (χ0v) is 14.3. The second-order valence-electron chi connectivity index (χ2n) is 5.78. The first-order valence-corrected chi connectivity index (χ1v) is 7.77. The van der Waals surface area contributed by atoms with E-state index in [-0.39, 0.29) is 24.4 Å². The van der Waals surface area contributed by atoms with Crippen molar-refractivity contribution in [1.82, 2.24) is 0 Å². The van der Waals surface area contributed by atoms with Crippen molar-refractivity contribution >= 4 is 22.9 Å². The highest BCUT2D eigenvalue weighted by Crippen LogP contribution is 2.25. The number of aryl methyl sites for hydroxylation is 2. The number of methoxy groups -OCH3 is 1. The molecule has 0 aliphatic carbocycles. The number of ether oxygens (including phenoxy) is 2. The van der Waals surface area contributed by atoms with E-state index in [0.717, 1.165) is 27.7 Å². The van der Waals surface area contributed by atoms with Crippen LogP contribution in [0.25, 0.3) is 11.0 Å². The molecule has 0 amide bonds. The van der Waals surface area contributed by atoms with Crippen molar-refractivity contribution in [3.05, 3.63) is 58.7 Å². The Balaban J connectivity index is 1.69. The molecule has 0 saturated heterocycles. The average Bonchev–Trinajstić information content (AvgIpc) is 3.20. The zero-order chi connectivity index (χ0) is 18.0. The number of carbonyl (C=O) groups is 2. The van der Waals surface area contributed by atoms with Gasteiger partial charge >= 0.3 is 11.9 Å². The molecule has 6 nitrogen and oxygen atoms in total. The predicted octanol–water partition coefficient (Wildman–Crippen LogP) is 3.72. The van der Waals surface area contributed by atoms with Crippen LogP contribution in [0.2, 0.25) is 0 Å². The van der Waals surface area contributed by atoms with Crippen LogP contribution in [0, 0.1) is 13.8 Å². The van der Waals surface area contributed by atoms with Crippen molar-refractivity contribution in [3.63, 3.8) is 0 Å². The minimum atomic E-state index is -0.536. The third kappa shape index (κ3) is 3.42. The Morgan fingerprint density at radius 1 is 1.12 bits per heavy atom. The van der Waals surface area contributed by atoms with Crippen molar-refractivity contribution in [2.45, 2.75) is 26.9 Å². The van der Waals surface area contributed by atoms with Crippen molar-refractivity contribution in [2.24, 2.45) is 0 Å². The summed E-state index contributed by atoms with van der Waals surface area (Å²) >= 11 is 0. The molecule has 130 valence electrons. The number of fused-ring (bicyclic) bond motifs is 1. The molecule has 3 aromatic rings. The van der Waals surface area contributed by atoms with Gasteiger partial charge in [0.2, 0.25) is 0 Å². The smallest absolute Gasteiger partial charge is 0.341 e. The highest BCUT2D eigenvalue weighted by atomic mass is 16.5. The quantitative estimate of drug-likeness (QED) is 0.658. The van der Waals surface area contributed by atoms with Crippen molar-refractivity contribution in [2.75, 3.05) is 7.11 Å². The summed E-state index contributed by atoms with van der Waals surface area (Å²) in [5.74, 6) is -0.719. The number of benzene rings is 1. The number of furan rings is 2. The average molecular weight is 342 g/mol. The van der Waals surface area contributed by atoms with E-state index in [2.05, 4.69) is 4.74 Å². The van der Waals surface area contributed by atoms with Crippen LogP contribution in [-0.4, -0.2) is 19.0 Å². The first-order valence-electron chi connectivity index (χ1n) is 7.77. The molecular weight excluding hydrogens is 324 g/mol. The van der Waals surface area contributed by atoms with Gasteiger partial charge in [-0.3, -0.25) is 4.79 Å². The summed E-state index contributed by atoms with van der Waals surface area (Å²) in [6.07, 6.45) is 2.99. The van der Waals surface area contributed by atoms with E-state index in [1.54, 1.807) is 6.26 Å².